The molecule has 4 nitrogen and oxygen atoms in total. The Balaban J connectivity index is 1.60. The Morgan fingerprint density at radius 3 is 2.10 bits per heavy atom. The van der Waals surface area contributed by atoms with Crippen molar-refractivity contribution in [2.45, 2.75) is 6.92 Å². The molecule has 4 aromatic carbocycles. The molecule has 0 saturated carbocycles. The molecule has 0 radical (unpaired) electrons. The van der Waals surface area contributed by atoms with Gasteiger partial charge in [-0.1, -0.05) is 103 Å². The van der Waals surface area contributed by atoms with Crippen molar-refractivity contribution >= 4 is 30.0 Å². The summed E-state index contributed by atoms with van der Waals surface area (Å²) < 4.78 is 13.9. The number of para-hydroxylation sites is 3. The third-order valence-electron chi connectivity index (χ3n) is 6.65. The van der Waals surface area contributed by atoms with Crippen LogP contribution in [0, 0.1) is 12.8 Å². The highest BCUT2D eigenvalue weighted by atomic mass is 31.2. The summed E-state index contributed by atoms with van der Waals surface area (Å²) in [5.41, 5.74) is 3.83. The topological polar surface area (TPSA) is 38.8 Å². The molecule has 5 heteroatoms. The van der Waals surface area contributed by atoms with Gasteiger partial charge < -0.3 is 9.05 Å². The Morgan fingerprint density at radius 1 is 0.769 bits per heavy atom. The van der Waals surface area contributed by atoms with E-state index in [0.717, 1.165) is 27.7 Å². The maximum Gasteiger partial charge on any atom is 0.255 e. The van der Waals surface area contributed by atoms with Crippen molar-refractivity contribution in [1.29, 1.82) is 0 Å². The molecule has 192 valence electrons. The van der Waals surface area contributed by atoms with E-state index in [1.165, 1.54) is 0 Å². The van der Waals surface area contributed by atoms with Gasteiger partial charge in [0.1, 0.15) is 11.5 Å². The first kappa shape index (κ1) is 24.8. The van der Waals surface area contributed by atoms with E-state index in [-0.39, 0.29) is 11.8 Å². The number of rotatable bonds is 7. The quantitative estimate of drug-likeness (QED) is 0.234. The lowest BCUT2D eigenvalue weighted by Gasteiger charge is -2.31. The Labute approximate surface area is 229 Å². The fraction of sp³-hybridized carbons (Fsp3) is 0.0588. The monoisotopic (exact) mass is 529 g/mol. The van der Waals surface area contributed by atoms with Crippen molar-refractivity contribution in [3.63, 3.8) is 0 Å². The second kappa shape index (κ2) is 10.7. The van der Waals surface area contributed by atoms with Gasteiger partial charge in [-0.15, -0.1) is 0 Å². The van der Waals surface area contributed by atoms with E-state index in [0.29, 0.717) is 11.5 Å². The summed E-state index contributed by atoms with van der Waals surface area (Å²) >= 11 is 0. The number of aryl methyl sites for hydroxylation is 1. The molecule has 0 bridgehead atoms. The van der Waals surface area contributed by atoms with Gasteiger partial charge in [0.2, 0.25) is 5.91 Å². The SMILES string of the molecule is Cc1cccc(C=P(Oc2ccccc2)(Oc2ccccc2)c2ccccc2N2C=C3C=CC=CC3C2=O)c1. The highest BCUT2D eigenvalue weighted by Gasteiger charge is 2.37. The van der Waals surface area contributed by atoms with Gasteiger partial charge in [0.15, 0.2) is 0 Å². The molecule has 0 N–H and O–H groups in total. The van der Waals surface area contributed by atoms with Crippen LogP contribution in [0.4, 0.5) is 5.69 Å². The highest BCUT2D eigenvalue weighted by Crippen LogP contribution is 2.52. The zero-order valence-corrected chi connectivity index (χ0v) is 22.4. The standard InChI is InChI=1S/C34H28NO3P/c1-26-13-12-14-27(23-26)25-39(37-29-16-4-2-5-17-29,38-30-18-6-3-7-19-30)33-22-11-10-21-32(33)35-24-28-15-8-9-20-31(28)34(35)36/h2-25,31H,1H3. The van der Waals surface area contributed by atoms with Crippen LogP contribution in [0.2, 0.25) is 0 Å². The number of fused-ring (bicyclic) bond motifs is 1. The van der Waals surface area contributed by atoms with Gasteiger partial charge >= 0.3 is 0 Å². The summed E-state index contributed by atoms with van der Waals surface area (Å²) in [6, 6.07) is 35.6. The molecular formula is C34H28NO3P. The van der Waals surface area contributed by atoms with E-state index < -0.39 is 7.34 Å². The fourth-order valence-corrected chi connectivity index (χ4v) is 7.55. The Bertz CT molecular complexity index is 1610. The maximum absolute atomic E-state index is 13.6. The number of carbonyl (C=O) groups excluding carboxylic acids is 1. The number of carbonyl (C=O) groups is 1. The first-order chi connectivity index (χ1) is 19.1. The van der Waals surface area contributed by atoms with E-state index in [1.54, 1.807) is 4.90 Å². The average molecular weight is 530 g/mol. The lowest BCUT2D eigenvalue weighted by molar-refractivity contribution is -0.118. The second-order valence-corrected chi connectivity index (χ2v) is 11.8. The number of allylic oxidation sites excluding steroid dienone is 3. The Hall–Kier alpha value is -4.53. The molecule has 6 rings (SSSR count). The van der Waals surface area contributed by atoms with E-state index in [4.69, 9.17) is 9.05 Å². The fourth-order valence-electron chi connectivity index (χ4n) is 4.85. The van der Waals surface area contributed by atoms with Crippen molar-refractivity contribution in [2.75, 3.05) is 4.90 Å². The predicted molar refractivity (Wildman–Crippen MR) is 161 cm³/mol. The molecular weight excluding hydrogens is 501 g/mol. The van der Waals surface area contributed by atoms with Crippen molar-refractivity contribution < 1.29 is 13.8 Å². The second-order valence-electron chi connectivity index (χ2n) is 9.50. The number of hydrogen-bond acceptors (Lipinski definition) is 3. The number of hydrogen-bond donors (Lipinski definition) is 0. The van der Waals surface area contributed by atoms with Gasteiger partial charge in [-0.25, -0.2) is 0 Å². The Kier molecular flexibility index (Phi) is 6.79. The van der Waals surface area contributed by atoms with E-state index >= 15 is 0 Å². The minimum atomic E-state index is -3.08. The molecule has 1 amide bonds. The van der Waals surface area contributed by atoms with E-state index in [9.17, 15) is 4.79 Å². The molecule has 0 fully saturated rings. The normalized spacial score (nSPS) is 16.0. The summed E-state index contributed by atoms with van der Waals surface area (Å²) in [7, 11) is -3.08. The largest absolute Gasteiger partial charge is 0.440 e. The third kappa shape index (κ3) is 5.12. The van der Waals surface area contributed by atoms with Crippen molar-refractivity contribution in [1.82, 2.24) is 0 Å². The molecule has 1 unspecified atom stereocenters. The minimum Gasteiger partial charge on any atom is -0.440 e. The molecule has 1 heterocycles. The van der Waals surface area contributed by atoms with Crippen LogP contribution in [0.5, 0.6) is 11.5 Å². The molecule has 0 aromatic heterocycles. The van der Waals surface area contributed by atoms with Gasteiger partial charge in [-0.3, -0.25) is 9.69 Å². The van der Waals surface area contributed by atoms with Gasteiger partial charge in [0, 0.05) is 12.0 Å². The molecule has 39 heavy (non-hydrogen) atoms. The zero-order valence-electron chi connectivity index (χ0n) is 21.6. The van der Waals surface area contributed by atoms with Gasteiger partial charge in [0.25, 0.3) is 7.34 Å². The predicted octanol–water partition coefficient (Wildman–Crippen LogP) is 7.45. The van der Waals surface area contributed by atoms with Crippen LogP contribution < -0.4 is 19.3 Å². The molecule has 1 aliphatic heterocycles. The third-order valence-corrected chi connectivity index (χ3v) is 9.30. The van der Waals surface area contributed by atoms with Crippen LogP contribution in [-0.2, 0) is 4.79 Å². The summed E-state index contributed by atoms with van der Waals surface area (Å²) in [5, 5.41) is 0.816. The first-order valence-corrected chi connectivity index (χ1v) is 14.6. The summed E-state index contributed by atoms with van der Waals surface area (Å²) in [6.45, 7) is 2.07. The van der Waals surface area contributed by atoms with Crippen molar-refractivity contribution in [2.24, 2.45) is 5.92 Å². The van der Waals surface area contributed by atoms with Crippen LogP contribution in [0.15, 0.2) is 145 Å². The lowest BCUT2D eigenvalue weighted by atomic mass is 9.97. The van der Waals surface area contributed by atoms with Crippen LogP contribution in [0.3, 0.4) is 0 Å². The average Bonchev–Trinajstić information content (AvgIpc) is 3.30. The minimum absolute atomic E-state index is 0.00567. The molecule has 0 spiro atoms. The maximum atomic E-state index is 13.6. The van der Waals surface area contributed by atoms with E-state index in [1.807, 2.05) is 121 Å². The molecule has 1 aliphatic carbocycles. The number of benzene rings is 4. The lowest BCUT2D eigenvalue weighted by Crippen LogP contribution is -2.31. The molecule has 1 atom stereocenters. The van der Waals surface area contributed by atoms with Crippen LogP contribution >= 0.6 is 7.34 Å². The molecule has 4 aromatic rings. The highest BCUT2D eigenvalue weighted by molar-refractivity contribution is 7.74. The first-order valence-electron chi connectivity index (χ1n) is 12.9. The molecule has 2 aliphatic rings. The van der Waals surface area contributed by atoms with Crippen LogP contribution in [0.1, 0.15) is 11.1 Å². The van der Waals surface area contributed by atoms with Gasteiger partial charge in [0.05, 0.1) is 16.9 Å². The van der Waals surface area contributed by atoms with Gasteiger partial charge in [-0.2, -0.15) is 0 Å². The van der Waals surface area contributed by atoms with Crippen LogP contribution in [-0.4, -0.2) is 11.7 Å². The van der Waals surface area contributed by atoms with Crippen molar-refractivity contribution in [3.8, 4) is 11.5 Å². The van der Waals surface area contributed by atoms with E-state index in [2.05, 4.69) is 30.9 Å². The number of nitrogens with zero attached hydrogens (tertiary/aromatic N) is 1. The smallest absolute Gasteiger partial charge is 0.255 e. The summed E-state index contributed by atoms with van der Waals surface area (Å²) in [4.78, 5) is 15.4. The number of amides is 1. The van der Waals surface area contributed by atoms with Crippen LogP contribution in [0.25, 0.3) is 0 Å². The van der Waals surface area contributed by atoms with Crippen molar-refractivity contribution in [3.05, 3.63) is 156 Å². The summed E-state index contributed by atoms with van der Waals surface area (Å²) in [6.07, 6.45) is 9.75. The summed E-state index contributed by atoms with van der Waals surface area (Å²) in [5.74, 6) is 3.18. The number of anilines is 1. The Morgan fingerprint density at radius 2 is 1.44 bits per heavy atom. The molecule has 0 saturated heterocycles. The zero-order chi connectivity index (χ0) is 26.7. The van der Waals surface area contributed by atoms with Gasteiger partial charge in [-0.05, 0) is 54.5 Å².